The van der Waals surface area contributed by atoms with Crippen LogP contribution >= 0.6 is 0 Å². The van der Waals surface area contributed by atoms with Gasteiger partial charge in [0.1, 0.15) is 11.6 Å². The smallest absolute Gasteiger partial charge is 0.281 e. The lowest BCUT2D eigenvalue weighted by Crippen LogP contribution is -2.45. The van der Waals surface area contributed by atoms with Crippen LogP contribution in [0.1, 0.15) is 41.4 Å². The molecule has 2 aromatic rings. The van der Waals surface area contributed by atoms with E-state index >= 15 is 0 Å². The number of aromatic amines is 1. The third kappa shape index (κ3) is 4.72. The number of hydrogen-bond donors (Lipinski definition) is 1. The molecule has 10 heteroatoms. The van der Waals surface area contributed by atoms with Gasteiger partial charge in [0.05, 0.1) is 11.3 Å². The summed E-state index contributed by atoms with van der Waals surface area (Å²) in [6, 6.07) is 6.58. The minimum atomic E-state index is -3.56. The largest absolute Gasteiger partial charge is 0.310 e. The Morgan fingerprint density at radius 3 is 2.48 bits per heavy atom. The molecule has 0 unspecified atom stereocenters. The predicted molar refractivity (Wildman–Crippen MR) is 115 cm³/mol. The van der Waals surface area contributed by atoms with Gasteiger partial charge in [-0.2, -0.15) is 17.0 Å². The van der Waals surface area contributed by atoms with Crippen LogP contribution in [0.5, 0.6) is 0 Å². The molecular weight excluding hydrogens is 421 g/mol. The molecule has 0 saturated carbocycles. The van der Waals surface area contributed by atoms with E-state index < -0.39 is 10.2 Å². The Hall–Kier alpha value is -2.14. The highest BCUT2D eigenvalue weighted by molar-refractivity contribution is 7.86. The maximum Gasteiger partial charge on any atom is 0.281 e. The zero-order valence-electron chi connectivity index (χ0n) is 17.8. The quantitative estimate of drug-likeness (QED) is 0.746. The fourth-order valence-corrected chi connectivity index (χ4v) is 5.33. The van der Waals surface area contributed by atoms with E-state index in [0.29, 0.717) is 30.0 Å². The van der Waals surface area contributed by atoms with E-state index in [4.69, 9.17) is 4.98 Å². The van der Waals surface area contributed by atoms with Crippen molar-refractivity contribution < 1.29 is 12.8 Å². The fraction of sp³-hybridized carbons (Fsp3) is 0.524. The molecule has 168 valence electrons. The second-order valence-electron chi connectivity index (χ2n) is 8.43. The number of H-pyrrole nitrogens is 1. The van der Waals surface area contributed by atoms with Crippen molar-refractivity contribution in [2.45, 2.75) is 38.3 Å². The van der Waals surface area contributed by atoms with Crippen LogP contribution in [0.25, 0.3) is 0 Å². The molecule has 1 aromatic carbocycles. The highest BCUT2D eigenvalue weighted by atomic mass is 32.2. The van der Waals surface area contributed by atoms with Crippen LogP contribution in [0.3, 0.4) is 0 Å². The van der Waals surface area contributed by atoms with E-state index in [9.17, 15) is 17.6 Å². The molecule has 0 atom stereocenters. The minimum absolute atomic E-state index is 0.0502. The number of likely N-dealkylation sites (tertiary alicyclic amines) is 1. The zero-order valence-corrected chi connectivity index (χ0v) is 18.7. The summed E-state index contributed by atoms with van der Waals surface area (Å²) in [4.78, 5) is 22.7. The SMILES string of the molecule is CN(C)S(=O)(=O)N1CCc2nc(C3CCN(Cc4ccc(F)cc4)CC3)[nH]c(=O)c2C1. The van der Waals surface area contributed by atoms with E-state index in [0.717, 1.165) is 42.3 Å². The summed E-state index contributed by atoms with van der Waals surface area (Å²) >= 11 is 0. The summed E-state index contributed by atoms with van der Waals surface area (Å²) in [7, 11) is -0.595. The van der Waals surface area contributed by atoms with E-state index in [2.05, 4.69) is 9.88 Å². The summed E-state index contributed by atoms with van der Waals surface area (Å²) in [5.41, 5.74) is 1.98. The van der Waals surface area contributed by atoms with Gasteiger partial charge in [-0.15, -0.1) is 0 Å². The van der Waals surface area contributed by atoms with Gasteiger partial charge in [0.15, 0.2) is 0 Å². The third-order valence-corrected chi connectivity index (χ3v) is 8.02. The Bertz CT molecular complexity index is 1090. The number of nitrogens with one attached hydrogen (secondary N) is 1. The number of hydrogen-bond acceptors (Lipinski definition) is 5. The maximum absolute atomic E-state index is 13.1. The lowest BCUT2D eigenvalue weighted by Gasteiger charge is -2.32. The average Bonchev–Trinajstić information content (AvgIpc) is 2.75. The molecule has 0 amide bonds. The summed E-state index contributed by atoms with van der Waals surface area (Å²) in [6.45, 7) is 2.89. The number of piperidine rings is 1. The molecule has 0 aliphatic carbocycles. The number of nitrogens with zero attached hydrogens (tertiary/aromatic N) is 4. The summed E-state index contributed by atoms with van der Waals surface area (Å²) in [5.74, 6) is 0.646. The van der Waals surface area contributed by atoms with Crippen LogP contribution in [0.2, 0.25) is 0 Å². The number of fused-ring (bicyclic) bond motifs is 1. The molecule has 0 spiro atoms. The predicted octanol–water partition coefficient (Wildman–Crippen LogP) is 1.45. The number of halogens is 1. The molecule has 2 aliphatic rings. The molecule has 8 nitrogen and oxygen atoms in total. The highest BCUT2D eigenvalue weighted by Crippen LogP contribution is 2.27. The Balaban J connectivity index is 1.42. The third-order valence-electron chi connectivity index (χ3n) is 6.13. The van der Waals surface area contributed by atoms with E-state index in [1.165, 1.54) is 30.5 Å². The van der Waals surface area contributed by atoms with Gasteiger partial charge in [0.25, 0.3) is 15.8 Å². The van der Waals surface area contributed by atoms with Crippen LogP contribution in [-0.2, 0) is 29.7 Å². The first-order valence-corrected chi connectivity index (χ1v) is 11.9. The van der Waals surface area contributed by atoms with Crippen molar-refractivity contribution in [2.75, 3.05) is 33.7 Å². The van der Waals surface area contributed by atoms with Crippen molar-refractivity contribution in [3.63, 3.8) is 0 Å². The van der Waals surface area contributed by atoms with Crippen LogP contribution < -0.4 is 5.56 Å². The van der Waals surface area contributed by atoms with Gasteiger partial charge in [-0.1, -0.05) is 12.1 Å². The van der Waals surface area contributed by atoms with E-state index in [1.807, 2.05) is 12.1 Å². The topological polar surface area (TPSA) is 89.6 Å². The van der Waals surface area contributed by atoms with E-state index in [1.54, 1.807) is 0 Å². The lowest BCUT2D eigenvalue weighted by molar-refractivity contribution is 0.201. The van der Waals surface area contributed by atoms with Crippen molar-refractivity contribution in [3.05, 3.63) is 63.1 Å². The van der Waals surface area contributed by atoms with Gasteiger partial charge in [0.2, 0.25) is 0 Å². The molecular formula is C21H28FN5O3S. The molecule has 0 radical (unpaired) electrons. The fourth-order valence-electron chi connectivity index (χ4n) is 4.25. The molecule has 1 saturated heterocycles. The summed E-state index contributed by atoms with van der Waals surface area (Å²) in [6.07, 6.45) is 2.19. The van der Waals surface area contributed by atoms with Gasteiger partial charge in [-0.25, -0.2) is 9.37 Å². The van der Waals surface area contributed by atoms with Crippen LogP contribution in [-0.4, -0.2) is 65.6 Å². The second kappa shape index (κ2) is 8.78. The van der Waals surface area contributed by atoms with Crippen LogP contribution in [0.4, 0.5) is 4.39 Å². The Kier molecular flexibility index (Phi) is 6.25. The molecule has 1 N–H and O–H groups in total. The Labute approximate surface area is 181 Å². The first-order valence-electron chi connectivity index (χ1n) is 10.5. The molecule has 0 bridgehead atoms. The molecule has 2 aliphatic heterocycles. The monoisotopic (exact) mass is 449 g/mol. The standard InChI is InChI=1S/C21H28FN5O3S/c1-25(2)31(29,30)27-12-9-19-18(14-27)21(28)24-20(23-19)16-7-10-26(11-8-16)13-15-3-5-17(22)6-4-15/h3-6,16H,7-14H2,1-2H3,(H,23,24,28). The molecule has 1 fully saturated rings. The van der Waals surface area contributed by atoms with Crippen molar-refractivity contribution >= 4 is 10.2 Å². The van der Waals surface area contributed by atoms with E-state index in [-0.39, 0.29) is 23.8 Å². The normalized spacial score (nSPS) is 19.0. The molecule has 31 heavy (non-hydrogen) atoms. The number of benzene rings is 1. The van der Waals surface area contributed by atoms with Crippen molar-refractivity contribution in [2.24, 2.45) is 0 Å². The summed E-state index contributed by atoms with van der Waals surface area (Å²) in [5, 5.41) is 0. The minimum Gasteiger partial charge on any atom is -0.310 e. The molecule has 1 aromatic heterocycles. The molecule has 4 rings (SSSR count). The van der Waals surface area contributed by atoms with Crippen molar-refractivity contribution in [1.29, 1.82) is 0 Å². The van der Waals surface area contributed by atoms with Crippen molar-refractivity contribution in [3.8, 4) is 0 Å². The zero-order chi connectivity index (χ0) is 22.2. The van der Waals surface area contributed by atoms with Gasteiger partial charge < -0.3 is 4.98 Å². The first-order chi connectivity index (χ1) is 14.7. The first kappa shape index (κ1) is 22.1. The van der Waals surface area contributed by atoms with Crippen LogP contribution in [0, 0.1) is 5.82 Å². The Morgan fingerprint density at radius 1 is 1.16 bits per heavy atom. The Morgan fingerprint density at radius 2 is 1.84 bits per heavy atom. The lowest BCUT2D eigenvalue weighted by atomic mass is 9.95. The highest BCUT2D eigenvalue weighted by Gasteiger charge is 2.32. The molecule has 3 heterocycles. The van der Waals surface area contributed by atoms with Gasteiger partial charge in [-0.05, 0) is 43.6 Å². The van der Waals surface area contributed by atoms with Crippen LogP contribution in [0.15, 0.2) is 29.1 Å². The number of rotatable bonds is 5. The number of aromatic nitrogens is 2. The average molecular weight is 450 g/mol. The van der Waals surface area contributed by atoms with Gasteiger partial charge >= 0.3 is 0 Å². The van der Waals surface area contributed by atoms with Gasteiger partial charge in [-0.3, -0.25) is 9.69 Å². The summed E-state index contributed by atoms with van der Waals surface area (Å²) < 4.78 is 40.4. The second-order valence-corrected chi connectivity index (χ2v) is 10.6. The van der Waals surface area contributed by atoms with Gasteiger partial charge in [0, 0.05) is 46.1 Å². The van der Waals surface area contributed by atoms with Crippen molar-refractivity contribution in [1.82, 2.24) is 23.5 Å². The maximum atomic E-state index is 13.1.